The summed E-state index contributed by atoms with van der Waals surface area (Å²) in [4.78, 5) is 1.34. The highest BCUT2D eigenvalue weighted by Gasteiger charge is 2.31. The first-order valence-electron chi connectivity index (χ1n) is 6.37. The van der Waals surface area contributed by atoms with Gasteiger partial charge in [-0.1, -0.05) is 12.1 Å². The number of nitrogens with zero attached hydrogens (tertiary/aromatic N) is 1. The van der Waals surface area contributed by atoms with Crippen LogP contribution in [0.1, 0.15) is 26.3 Å². The van der Waals surface area contributed by atoms with E-state index in [0.717, 1.165) is 12.0 Å². The van der Waals surface area contributed by atoms with Gasteiger partial charge in [0.2, 0.25) is 0 Å². The zero-order chi connectivity index (χ0) is 14.6. The number of nitrogens with two attached hydrogens (primary N) is 1. The monoisotopic (exact) mass is 274 g/mol. The van der Waals surface area contributed by atoms with E-state index in [1.165, 1.54) is 4.90 Å². The molecule has 0 saturated carbocycles. The number of hydrogen-bond acceptors (Lipinski definition) is 2. The molecule has 2 N–H and O–H groups in total. The Morgan fingerprint density at radius 1 is 1.11 bits per heavy atom. The Labute approximate surface area is 112 Å². The van der Waals surface area contributed by atoms with Gasteiger partial charge in [-0.2, -0.15) is 13.2 Å². The standard InChI is InChI=1S/C14H21F3N2/c1-10(2)19(9-14(15,16)17)13-6-4-12(5-7-13)8-11(3)18/h4-7,10-11H,8-9,18H2,1-3H3. The van der Waals surface area contributed by atoms with Crippen molar-refractivity contribution < 1.29 is 13.2 Å². The van der Waals surface area contributed by atoms with Crippen LogP contribution in [0.5, 0.6) is 0 Å². The molecule has 1 aromatic carbocycles. The molecule has 5 heteroatoms. The number of hydrogen-bond donors (Lipinski definition) is 1. The van der Waals surface area contributed by atoms with Gasteiger partial charge in [-0.25, -0.2) is 0 Å². The van der Waals surface area contributed by atoms with Gasteiger partial charge in [0.1, 0.15) is 6.54 Å². The molecule has 2 nitrogen and oxygen atoms in total. The van der Waals surface area contributed by atoms with Crippen molar-refractivity contribution in [1.82, 2.24) is 0 Å². The molecule has 1 rings (SSSR count). The van der Waals surface area contributed by atoms with Gasteiger partial charge in [0, 0.05) is 17.8 Å². The van der Waals surface area contributed by atoms with Crippen LogP contribution in [-0.4, -0.2) is 24.8 Å². The van der Waals surface area contributed by atoms with Gasteiger partial charge in [-0.05, 0) is 44.9 Å². The molecule has 0 spiro atoms. The van der Waals surface area contributed by atoms with E-state index in [2.05, 4.69) is 0 Å². The highest BCUT2D eigenvalue weighted by Crippen LogP contribution is 2.24. The van der Waals surface area contributed by atoms with Crippen molar-refractivity contribution in [2.45, 2.75) is 45.5 Å². The molecule has 0 saturated heterocycles. The molecule has 0 aliphatic carbocycles. The van der Waals surface area contributed by atoms with E-state index in [9.17, 15) is 13.2 Å². The van der Waals surface area contributed by atoms with Crippen molar-refractivity contribution >= 4 is 5.69 Å². The first-order chi connectivity index (χ1) is 8.69. The van der Waals surface area contributed by atoms with Gasteiger partial charge >= 0.3 is 6.18 Å². The van der Waals surface area contributed by atoms with E-state index in [0.29, 0.717) is 5.69 Å². The molecule has 0 aromatic heterocycles. The van der Waals surface area contributed by atoms with Crippen molar-refractivity contribution in [2.75, 3.05) is 11.4 Å². The molecule has 19 heavy (non-hydrogen) atoms. The Kier molecular flexibility index (Phi) is 5.23. The Morgan fingerprint density at radius 3 is 2.00 bits per heavy atom. The summed E-state index contributed by atoms with van der Waals surface area (Å²) in [5.41, 5.74) is 7.32. The first-order valence-corrected chi connectivity index (χ1v) is 6.37. The van der Waals surface area contributed by atoms with E-state index in [4.69, 9.17) is 5.73 Å². The van der Waals surface area contributed by atoms with Crippen molar-refractivity contribution in [3.63, 3.8) is 0 Å². The van der Waals surface area contributed by atoms with Crippen LogP contribution in [0.4, 0.5) is 18.9 Å². The average molecular weight is 274 g/mol. The molecule has 1 atom stereocenters. The highest BCUT2D eigenvalue weighted by molar-refractivity contribution is 5.48. The normalized spacial score (nSPS) is 13.7. The second kappa shape index (κ2) is 6.28. The lowest BCUT2D eigenvalue weighted by molar-refractivity contribution is -0.120. The van der Waals surface area contributed by atoms with E-state index in [1.54, 1.807) is 26.0 Å². The zero-order valence-electron chi connectivity index (χ0n) is 11.5. The van der Waals surface area contributed by atoms with Crippen molar-refractivity contribution in [1.29, 1.82) is 0 Å². The molecule has 0 fully saturated rings. The van der Waals surface area contributed by atoms with Crippen LogP contribution >= 0.6 is 0 Å². The summed E-state index contributed by atoms with van der Waals surface area (Å²) < 4.78 is 37.6. The molecule has 0 aliphatic rings. The van der Waals surface area contributed by atoms with Crippen LogP contribution in [-0.2, 0) is 6.42 Å². The van der Waals surface area contributed by atoms with Crippen molar-refractivity contribution in [3.8, 4) is 0 Å². The van der Waals surface area contributed by atoms with E-state index < -0.39 is 12.7 Å². The number of alkyl halides is 3. The first kappa shape index (κ1) is 15.8. The smallest absolute Gasteiger partial charge is 0.360 e. The molecule has 0 bridgehead atoms. The summed E-state index contributed by atoms with van der Waals surface area (Å²) in [6, 6.07) is 6.96. The third-order valence-corrected chi connectivity index (χ3v) is 2.80. The summed E-state index contributed by atoms with van der Waals surface area (Å²) in [6.07, 6.45) is -3.48. The number of benzene rings is 1. The Hall–Kier alpha value is -1.23. The Balaban J connectivity index is 2.86. The fraction of sp³-hybridized carbons (Fsp3) is 0.571. The molecular weight excluding hydrogens is 253 g/mol. The molecule has 0 amide bonds. The molecule has 0 radical (unpaired) electrons. The van der Waals surface area contributed by atoms with Crippen LogP contribution in [0.15, 0.2) is 24.3 Å². The topological polar surface area (TPSA) is 29.3 Å². The van der Waals surface area contributed by atoms with Crippen LogP contribution in [0.2, 0.25) is 0 Å². The largest absolute Gasteiger partial charge is 0.405 e. The summed E-state index contributed by atoms with van der Waals surface area (Å²) in [5.74, 6) is 0. The Bertz CT molecular complexity index is 383. The summed E-state index contributed by atoms with van der Waals surface area (Å²) in [6.45, 7) is 4.47. The lowest BCUT2D eigenvalue weighted by atomic mass is 10.1. The quantitative estimate of drug-likeness (QED) is 0.892. The highest BCUT2D eigenvalue weighted by atomic mass is 19.4. The number of rotatable bonds is 5. The summed E-state index contributed by atoms with van der Waals surface area (Å²) in [7, 11) is 0. The minimum Gasteiger partial charge on any atom is -0.360 e. The van der Waals surface area contributed by atoms with Gasteiger partial charge in [0.25, 0.3) is 0 Å². The Morgan fingerprint density at radius 2 is 1.63 bits per heavy atom. The van der Waals surface area contributed by atoms with Crippen molar-refractivity contribution in [3.05, 3.63) is 29.8 Å². The maximum atomic E-state index is 12.5. The van der Waals surface area contributed by atoms with E-state index in [-0.39, 0.29) is 12.1 Å². The van der Waals surface area contributed by atoms with E-state index in [1.807, 2.05) is 19.1 Å². The molecule has 108 valence electrons. The van der Waals surface area contributed by atoms with Crippen LogP contribution in [0.3, 0.4) is 0 Å². The second-order valence-electron chi connectivity index (χ2n) is 5.18. The number of halogens is 3. The summed E-state index contributed by atoms with van der Waals surface area (Å²) >= 11 is 0. The van der Waals surface area contributed by atoms with Gasteiger partial charge < -0.3 is 10.6 Å². The van der Waals surface area contributed by atoms with Crippen LogP contribution in [0.25, 0.3) is 0 Å². The second-order valence-corrected chi connectivity index (χ2v) is 5.18. The molecule has 0 heterocycles. The maximum absolute atomic E-state index is 12.5. The minimum absolute atomic E-state index is 0.0437. The van der Waals surface area contributed by atoms with Crippen LogP contribution in [0, 0.1) is 0 Å². The van der Waals surface area contributed by atoms with E-state index >= 15 is 0 Å². The fourth-order valence-electron chi connectivity index (χ4n) is 1.96. The molecule has 1 aromatic rings. The summed E-state index contributed by atoms with van der Waals surface area (Å²) in [5, 5.41) is 0. The minimum atomic E-state index is -4.20. The number of anilines is 1. The third kappa shape index (κ3) is 5.51. The average Bonchev–Trinajstić information content (AvgIpc) is 2.25. The lowest BCUT2D eigenvalue weighted by Gasteiger charge is -2.30. The fourth-order valence-corrected chi connectivity index (χ4v) is 1.96. The van der Waals surface area contributed by atoms with Gasteiger partial charge in [-0.15, -0.1) is 0 Å². The zero-order valence-corrected chi connectivity index (χ0v) is 11.5. The molecule has 1 unspecified atom stereocenters. The third-order valence-electron chi connectivity index (χ3n) is 2.80. The van der Waals surface area contributed by atoms with Gasteiger partial charge in [0.15, 0.2) is 0 Å². The predicted molar refractivity (Wildman–Crippen MR) is 72.3 cm³/mol. The SMILES string of the molecule is CC(N)Cc1ccc(N(CC(F)(F)F)C(C)C)cc1. The lowest BCUT2D eigenvalue weighted by Crippen LogP contribution is -2.39. The van der Waals surface area contributed by atoms with Crippen LogP contribution < -0.4 is 10.6 Å². The maximum Gasteiger partial charge on any atom is 0.405 e. The van der Waals surface area contributed by atoms with Gasteiger partial charge in [-0.3, -0.25) is 0 Å². The predicted octanol–water partition coefficient (Wildman–Crippen LogP) is 3.35. The van der Waals surface area contributed by atoms with Gasteiger partial charge in [0.05, 0.1) is 0 Å². The molecule has 0 aliphatic heterocycles. The molecular formula is C14H21F3N2. The van der Waals surface area contributed by atoms with Crippen molar-refractivity contribution in [2.24, 2.45) is 5.73 Å².